The Morgan fingerprint density at radius 1 is 0.643 bits per heavy atom. The number of halogens is 4. The molecule has 0 aliphatic heterocycles. The van der Waals surface area contributed by atoms with Crippen LogP contribution in [0.1, 0.15) is 25.7 Å². The molecule has 0 atom stereocenters. The monoisotopic (exact) mass is 298 g/mol. The predicted molar refractivity (Wildman–Crippen MR) is 46.9 cm³/mol. The van der Waals surface area contributed by atoms with Crippen LogP contribution in [0.4, 0.5) is 17.3 Å². The Labute approximate surface area is 94.3 Å². The van der Waals surface area contributed by atoms with Crippen molar-refractivity contribution in [1.29, 1.82) is 0 Å². The van der Waals surface area contributed by atoms with Gasteiger partial charge in [-0.15, -0.1) is 0 Å². The fourth-order valence-corrected chi connectivity index (χ4v) is 0.856. The first-order chi connectivity index (χ1) is 6.00. The summed E-state index contributed by atoms with van der Waals surface area (Å²) < 4.78 is 39.0. The third kappa shape index (κ3) is 22.7. The standard InChI is InChI=1S/C8H12.BF4.Rh/c1-2-4-6-8-7-5-3-1;2-1(3,4)5;/h1-2,7-8H,3-6H2;;/q;-1;/b2-1-,8-7?;;. The molecule has 0 aromatic rings. The normalized spacial score (nSPS) is 18.0. The molecule has 14 heavy (non-hydrogen) atoms. The summed E-state index contributed by atoms with van der Waals surface area (Å²) >= 11 is 0. The Morgan fingerprint density at radius 2 is 0.786 bits per heavy atom. The molecular weight excluding hydrogens is 286 g/mol. The fourth-order valence-electron chi connectivity index (χ4n) is 0.856. The second-order valence-corrected chi connectivity index (χ2v) is 2.59. The molecule has 1 aliphatic rings. The van der Waals surface area contributed by atoms with E-state index in [1.165, 1.54) is 25.7 Å². The third-order valence-electron chi connectivity index (χ3n) is 1.33. The summed E-state index contributed by atoms with van der Waals surface area (Å²) in [5.41, 5.74) is 0. The quantitative estimate of drug-likeness (QED) is 0.360. The van der Waals surface area contributed by atoms with Crippen LogP contribution in [0.2, 0.25) is 0 Å². The Hall–Kier alpha value is -0.112. The Morgan fingerprint density at radius 3 is 0.929 bits per heavy atom. The Bertz CT molecular complexity index is 145. The third-order valence-corrected chi connectivity index (χ3v) is 1.33. The largest absolute Gasteiger partial charge is 0.673 e. The SMILES string of the molecule is C1=CCC/C=C\CC1.F[B-](F)(F)F.[Rh]. The summed E-state index contributed by atoms with van der Waals surface area (Å²) in [4.78, 5) is 0. The van der Waals surface area contributed by atoms with Crippen LogP contribution in [0.15, 0.2) is 24.3 Å². The topological polar surface area (TPSA) is 0 Å². The predicted octanol–water partition coefficient (Wildman–Crippen LogP) is 3.97. The van der Waals surface area contributed by atoms with Gasteiger partial charge in [-0.1, -0.05) is 24.3 Å². The van der Waals surface area contributed by atoms with Gasteiger partial charge in [-0.25, -0.2) is 0 Å². The molecule has 0 unspecified atom stereocenters. The minimum atomic E-state index is -6.00. The van der Waals surface area contributed by atoms with Crippen molar-refractivity contribution < 1.29 is 36.7 Å². The van der Waals surface area contributed by atoms with Crippen LogP contribution in [0.5, 0.6) is 0 Å². The summed E-state index contributed by atoms with van der Waals surface area (Å²) in [6.45, 7) is 0. The maximum absolute atomic E-state index is 9.75. The van der Waals surface area contributed by atoms with Crippen LogP contribution >= 0.6 is 0 Å². The smallest absolute Gasteiger partial charge is 0.418 e. The molecule has 0 aromatic heterocycles. The molecule has 0 N–H and O–H groups in total. The van der Waals surface area contributed by atoms with E-state index in [4.69, 9.17) is 0 Å². The van der Waals surface area contributed by atoms with Gasteiger partial charge in [-0.05, 0) is 25.7 Å². The van der Waals surface area contributed by atoms with Crippen molar-refractivity contribution in [3.63, 3.8) is 0 Å². The van der Waals surface area contributed by atoms with Crippen molar-refractivity contribution in [3.05, 3.63) is 24.3 Å². The first-order valence-electron chi connectivity index (χ1n) is 4.17. The average Bonchev–Trinajstić information content (AvgIpc) is 1.79. The number of hydrogen-bond donors (Lipinski definition) is 0. The molecule has 85 valence electrons. The van der Waals surface area contributed by atoms with E-state index >= 15 is 0 Å². The van der Waals surface area contributed by atoms with E-state index in [9.17, 15) is 17.3 Å². The second kappa shape index (κ2) is 9.44. The van der Waals surface area contributed by atoms with Gasteiger partial charge in [0.05, 0.1) is 0 Å². The van der Waals surface area contributed by atoms with Gasteiger partial charge in [0, 0.05) is 19.5 Å². The summed E-state index contributed by atoms with van der Waals surface area (Å²) in [5, 5.41) is 0. The van der Waals surface area contributed by atoms with E-state index < -0.39 is 7.25 Å². The second-order valence-electron chi connectivity index (χ2n) is 2.59. The van der Waals surface area contributed by atoms with Crippen molar-refractivity contribution in [1.82, 2.24) is 0 Å². The maximum atomic E-state index is 9.75. The Kier molecular flexibility index (Phi) is 11.0. The number of rotatable bonds is 0. The summed E-state index contributed by atoms with van der Waals surface area (Å²) in [6, 6.07) is 0. The van der Waals surface area contributed by atoms with Gasteiger partial charge in [0.15, 0.2) is 0 Å². The average molecular weight is 298 g/mol. The Balaban J connectivity index is 0. The molecule has 1 radical (unpaired) electrons. The zero-order chi connectivity index (χ0) is 10.2. The summed E-state index contributed by atoms with van der Waals surface area (Å²) in [7, 11) is -6.00. The zero-order valence-electron chi connectivity index (χ0n) is 7.56. The van der Waals surface area contributed by atoms with Crippen LogP contribution in [0.3, 0.4) is 0 Å². The molecule has 0 saturated carbocycles. The molecule has 0 heterocycles. The van der Waals surface area contributed by atoms with Gasteiger partial charge in [0.1, 0.15) is 0 Å². The van der Waals surface area contributed by atoms with E-state index in [0.29, 0.717) is 0 Å². The number of hydrogen-bond acceptors (Lipinski definition) is 0. The van der Waals surface area contributed by atoms with Gasteiger partial charge in [0.25, 0.3) is 0 Å². The fraction of sp³-hybridized carbons (Fsp3) is 0.500. The van der Waals surface area contributed by atoms with E-state index in [0.717, 1.165) is 0 Å². The van der Waals surface area contributed by atoms with E-state index in [-0.39, 0.29) is 19.5 Å². The molecule has 0 amide bonds. The molecule has 0 bridgehead atoms. The molecular formula is C8H12BF4Rh-. The van der Waals surface area contributed by atoms with E-state index in [1.54, 1.807) is 0 Å². The summed E-state index contributed by atoms with van der Waals surface area (Å²) in [6.07, 6.45) is 14.0. The molecule has 0 fully saturated rings. The van der Waals surface area contributed by atoms with Gasteiger partial charge < -0.3 is 17.3 Å². The first kappa shape index (κ1) is 16.3. The molecule has 0 aromatic carbocycles. The maximum Gasteiger partial charge on any atom is 0.673 e. The van der Waals surface area contributed by atoms with Gasteiger partial charge in [-0.2, -0.15) is 0 Å². The molecule has 1 aliphatic carbocycles. The minimum Gasteiger partial charge on any atom is -0.418 e. The molecule has 6 heteroatoms. The van der Waals surface area contributed by atoms with Crippen molar-refractivity contribution in [2.24, 2.45) is 0 Å². The van der Waals surface area contributed by atoms with Crippen LogP contribution in [-0.2, 0) is 19.5 Å². The first-order valence-corrected chi connectivity index (χ1v) is 4.17. The van der Waals surface area contributed by atoms with Crippen LogP contribution in [0, 0.1) is 0 Å². The number of allylic oxidation sites excluding steroid dienone is 4. The molecule has 1 rings (SSSR count). The van der Waals surface area contributed by atoms with Crippen molar-refractivity contribution in [2.75, 3.05) is 0 Å². The van der Waals surface area contributed by atoms with Crippen LogP contribution in [-0.4, -0.2) is 7.25 Å². The van der Waals surface area contributed by atoms with Crippen molar-refractivity contribution >= 4 is 7.25 Å². The van der Waals surface area contributed by atoms with E-state index in [2.05, 4.69) is 24.3 Å². The van der Waals surface area contributed by atoms with E-state index in [1.807, 2.05) is 0 Å². The van der Waals surface area contributed by atoms with Crippen molar-refractivity contribution in [3.8, 4) is 0 Å². The van der Waals surface area contributed by atoms with Gasteiger partial charge in [-0.3, -0.25) is 0 Å². The molecule has 0 saturated heterocycles. The molecule has 0 nitrogen and oxygen atoms in total. The van der Waals surface area contributed by atoms with Gasteiger partial charge in [0.2, 0.25) is 0 Å². The minimum absolute atomic E-state index is 0. The van der Waals surface area contributed by atoms with Gasteiger partial charge >= 0.3 is 7.25 Å². The van der Waals surface area contributed by atoms with Crippen LogP contribution < -0.4 is 0 Å². The van der Waals surface area contributed by atoms with Crippen molar-refractivity contribution in [2.45, 2.75) is 25.7 Å². The molecule has 0 spiro atoms. The zero-order valence-corrected chi connectivity index (χ0v) is 9.20. The summed E-state index contributed by atoms with van der Waals surface area (Å²) in [5.74, 6) is 0. The van der Waals surface area contributed by atoms with Crippen LogP contribution in [0.25, 0.3) is 0 Å².